The number of rotatable bonds is 5. The van der Waals surface area contributed by atoms with Crippen LogP contribution in [0.5, 0.6) is 0 Å². The summed E-state index contributed by atoms with van der Waals surface area (Å²) in [6, 6.07) is 9.05. The van der Waals surface area contributed by atoms with Gasteiger partial charge in [-0.2, -0.15) is 0 Å². The van der Waals surface area contributed by atoms with Crippen LogP contribution in [-0.4, -0.2) is 35.2 Å². The summed E-state index contributed by atoms with van der Waals surface area (Å²) in [6.45, 7) is 4.97. The average molecular weight is 337 g/mol. The van der Waals surface area contributed by atoms with Crippen LogP contribution < -0.4 is 11.2 Å². The highest BCUT2D eigenvalue weighted by Gasteiger charge is 2.22. The zero-order valence-corrected chi connectivity index (χ0v) is 14.1. The predicted octanol–water partition coefficient (Wildman–Crippen LogP) is 1.94. The highest BCUT2D eigenvalue weighted by Crippen LogP contribution is 2.08. The molecule has 3 N–H and O–H groups in total. The van der Waals surface area contributed by atoms with Gasteiger partial charge in [-0.1, -0.05) is 30.3 Å². The van der Waals surface area contributed by atoms with E-state index >= 15 is 0 Å². The molecule has 8 nitrogen and oxygen atoms in total. The van der Waals surface area contributed by atoms with Crippen molar-refractivity contribution in [2.75, 3.05) is 6.54 Å². The summed E-state index contributed by atoms with van der Waals surface area (Å²) in [4.78, 5) is 34.8. The standard InChI is InChI=1S/C16H23N3O5/c1-16(2,3)24-14(21)18-19(10-9-13(17)20)15(22)23-11-12-7-5-4-6-8-12/h4-8H,9-11H2,1-3H3,(H2,17,20)(H,18,21). The normalized spacial score (nSPS) is 10.6. The highest BCUT2D eigenvalue weighted by molar-refractivity contribution is 5.76. The Morgan fingerprint density at radius 2 is 1.79 bits per heavy atom. The van der Waals surface area contributed by atoms with Gasteiger partial charge in [-0.15, -0.1) is 0 Å². The van der Waals surface area contributed by atoms with E-state index in [-0.39, 0.29) is 19.6 Å². The maximum absolute atomic E-state index is 12.1. The van der Waals surface area contributed by atoms with Gasteiger partial charge in [0.2, 0.25) is 5.91 Å². The SMILES string of the molecule is CC(C)(C)OC(=O)NN(CCC(N)=O)C(=O)OCc1ccccc1. The number of hydrazine groups is 1. The first-order valence-corrected chi connectivity index (χ1v) is 7.43. The Bertz CT molecular complexity index is 569. The van der Waals surface area contributed by atoms with Gasteiger partial charge in [0.05, 0.1) is 6.54 Å². The minimum absolute atomic E-state index is 0.0305. The molecule has 1 aromatic rings. The molecule has 0 heterocycles. The Morgan fingerprint density at radius 1 is 1.17 bits per heavy atom. The van der Waals surface area contributed by atoms with Crippen molar-refractivity contribution in [1.82, 2.24) is 10.4 Å². The van der Waals surface area contributed by atoms with Crippen LogP contribution >= 0.6 is 0 Å². The largest absolute Gasteiger partial charge is 0.443 e. The van der Waals surface area contributed by atoms with E-state index in [2.05, 4.69) is 5.43 Å². The van der Waals surface area contributed by atoms with Crippen molar-refractivity contribution < 1.29 is 23.9 Å². The van der Waals surface area contributed by atoms with Crippen LogP contribution in [0.1, 0.15) is 32.8 Å². The Kier molecular flexibility index (Phi) is 7.03. The lowest BCUT2D eigenvalue weighted by atomic mass is 10.2. The smallest absolute Gasteiger partial charge is 0.429 e. The van der Waals surface area contributed by atoms with Crippen molar-refractivity contribution in [1.29, 1.82) is 0 Å². The lowest BCUT2D eigenvalue weighted by Gasteiger charge is -2.25. The number of hydrogen-bond acceptors (Lipinski definition) is 5. The molecule has 8 heteroatoms. The number of primary amides is 1. The van der Waals surface area contributed by atoms with Crippen LogP contribution in [0, 0.1) is 0 Å². The molecule has 0 aromatic heterocycles. The van der Waals surface area contributed by atoms with E-state index < -0.39 is 23.7 Å². The summed E-state index contributed by atoms with van der Waals surface area (Å²) < 4.78 is 10.2. The van der Waals surface area contributed by atoms with Gasteiger partial charge in [0.15, 0.2) is 0 Å². The molecule has 0 atom stereocenters. The zero-order chi connectivity index (χ0) is 18.2. The monoisotopic (exact) mass is 337 g/mol. The van der Waals surface area contributed by atoms with Crippen molar-refractivity contribution in [2.45, 2.75) is 39.4 Å². The molecule has 3 amide bonds. The molecule has 132 valence electrons. The molecule has 1 rings (SSSR count). The summed E-state index contributed by atoms with van der Waals surface area (Å²) in [5, 5.41) is 0.863. The number of nitrogens with two attached hydrogens (primary N) is 1. The minimum atomic E-state index is -0.830. The molecule has 0 unspecified atom stereocenters. The van der Waals surface area contributed by atoms with Gasteiger partial charge in [0.25, 0.3) is 0 Å². The number of carbonyl (C=O) groups excluding carboxylic acids is 3. The first-order chi connectivity index (χ1) is 11.2. The molecule has 24 heavy (non-hydrogen) atoms. The zero-order valence-electron chi connectivity index (χ0n) is 14.1. The van der Waals surface area contributed by atoms with Gasteiger partial charge in [-0.25, -0.2) is 20.0 Å². The lowest BCUT2D eigenvalue weighted by molar-refractivity contribution is -0.118. The molecule has 0 aliphatic carbocycles. The molecule has 1 aromatic carbocycles. The number of carbonyl (C=O) groups is 3. The number of benzene rings is 1. The third-order valence-corrected chi connectivity index (χ3v) is 2.63. The van der Waals surface area contributed by atoms with E-state index in [0.29, 0.717) is 0 Å². The second-order valence-corrected chi connectivity index (χ2v) is 6.02. The molecule has 0 aliphatic rings. The van der Waals surface area contributed by atoms with Gasteiger partial charge in [0, 0.05) is 6.42 Å². The highest BCUT2D eigenvalue weighted by atomic mass is 16.6. The number of nitrogens with zero attached hydrogens (tertiary/aromatic N) is 1. The first kappa shape index (κ1) is 19.3. The molecular weight excluding hydrogens is 314 g/mol. The summed E-state index contributed by atoms with van der Waals surface area (Å²) in [5.74, 6) is -0.609. The fourth-order valence-corrected chi connectivity index (χ4v) is 1.62. The third-order valence-electron chi connectivity index (χ3n) is 2.63. The third kappa shape index (κ3) is 8.02. The summed E-state index contributed by atoms with van der Waals surface area (Å²) in [7, 11) is 0. The van der Waals surface area contributed by atoms with Crippen LogP contribution in [0.25, 0.3) is 0 Å². The molecule has 0 radical (unpaired) electrons. The van der Waals surface area contributed by atoms with Crippen molar-refractivity contribution in [3.8, 4) is 0 Å². The van der Waals surface area contributed by atoms with Crippen molar-refractivity contribution >= 4 is 18.1 Å². The number of ether oxygens (including phenoxy) is 2. The van der Waals surface area contributed by atoms with Gasteiger partial charge in [0.1, 0.15) is 12.2 Å². The van der Waals surface area contributed by atoms with Crippen molar-refractivity contribution in [3.63, 3.8) is 0 Å². The first-order valence-electron chi connectivity index (χ1n) is 7.43. The van der Waals surface area contributed by atoms with Gasteiger partial charge in [-0.05, 0) is 26.3 Å². The number of nitrogens with one attached hydrogen (secondary N) is 1. The number of hydrogen-bond donors (Lipinski definition) is 2. The van der Waals surface area contributed by atoms with Crippen molar-refractivity contribution in [3.05, 3.63) is 35.9 Å². The van der Waals surface area contributed by atoms with E-state index in [1.54, 1.807) is 32.9 Å². The predicted molar refractivity (Wildman–Crippen MR) is 86.5 cm³/mol. The van der Waals surface area contributed by atoms with Crippen LogP contribution in [0.4, 0.5) is 9.59 Å². The molecule has 0 saturated carbocycles. The van der Waals surface area contributed by atoms with E-state index in [0.717, 1.165) is 10.6 Å². The van der Waals surface area contributed by atoms with Crippen LogP contribution in [0.15, 0.2) is 30.3 Å². The molecule has 0 fully saturated rings. The van der Waals surface area contributed by atoms with Gasteiger partial charge < -0.3 is 15.2 Å². The van der Waals surface area contributed by atoms with E-state index in [9.17, 15) is 14.4 Å². The minimum Gasteiger partial charge on any atom is -0.443 e. The van der Waals surface area contributed by atoms with Gasteiger partial charge in [-0.3, -0.25) is 4.79 Å². The van der Waals surface area contributed by atoms with E-state index in [1.165, 1.54) is 0 Å². The fourth-order valence-electron chi connectivity index (χ4n) is 1.62. The fraction of sp³-hybridized carbons (Fsp3) is 0.438. The van der Waals surface area contributed by atoms with E-state index in [1.807, 2.05) is 18.2 Å². The van der Waals surface area contributed by atoms with E-state index in [4.69, 9.17) is 15.2 Å². The molecule has 0 spiro atoms. The van der Waals surface area contributed by atoms with Gasteiger partial charge >= 0.3 is 12.2 Å². The molecule has 0 saturated heterocycles. The Balaban J connectivity index is 2.64. The topological polar surface area (TPSA) is 111 Å². The summed E-state index contributed by atoms with van der Waals surface area (Å²) >= 11 is 0. The van der Waals surface area contributed by atoms with Crippen LogP contribution in [-0.2, 0) is 20.9 Å². The molecule has 0 aliphatic heterocycles. The lowest BCUT2D eigenvalue weighted by Crippen LogP contribution is -2.49. The average Bonchev–Trinajstić information content (AvgIpc) is 2.48. The molecular formula is C16H23N3O5. The van der Waals surface area contributed by atoms with Crippen LogP contribution in [0.2, 0.25) is 0 Å². The molecule has 0 bridgehead atoms. The number of amides is 3. The second kappa shape index (κ2) is 8.76. The Hall–Kier alpha value is -2.77. The maximum atomic E-state index is 12.1. The summed E-state index contributed by atoms with van der Waals surface area (Å²) in [5.41, 5.74) is 7.39. The summed E-state index contributed by atoms with van der Waals surface area (Å²) in [6.07, 6.45) is -1.77. The Labute approximate surface area is 140 Å². The van der Waals surface area contributed by atoms with Crippen LogP contribution in [0.3, 0.4) is 0 Å². The maximum Gasteiger partial charge on any atom is 0.429 e. The quantitative estimate of drug-likeness (QED) is 0.798. The van der Waals surface area contributed by atoms with Crippen molar-refractivity contribution in [2.24, 2.45) is 5.73 Å². The Morgan fingerprint density at radius 3 is 2.33 bits per heavy atom. The second-order valence-electron chi connectivity index (χ2n) is 6.02.